The second-order valence-electron chi connectivity index (χ2n) is 5.44. The van der Waals surface area contributed by atoms with Crippen LogP contribution in [0.1, 0.15) is 25.7 Å². The monoisotopic (exact) mass is 264 g/mol. The summed E-state index contributed by atoms with van der Waals surface area (Å²) in [5.74, 6) is 0. The molecule has 0 radical (unpaired) electrons. The molecule has 3 heteroatoms. The lowest BCUT2D eigenvalue weighted by molar-refractivity contribution is 0.187. The summed E-state index contributed by atoms with van der Waals surface area (Å²) in [6.45, 7) is 4.68. The second kappa shape index (κ2) is 5.50. The van der Waals surface area contributed by atoms with E-state index in [9.17, 15) is 0 Å². The number of nitrogens with zero attached hydrogens (tertiary/aromatic N) is 2. The third-order valence-corrected chi connectivity index (χ3v) is 4.56. The zero-order valence-electron chi connectivity index (χ0n) is 10.8. The number of piperazine rings is 1. The minimum atomic E-state index is 0.839. The van der Waals surface area contributed by atoms with Crippen LogP contribution in [0.4, 0.5) is 5.69 Å². The number of halogens is 1. The van der Waals surface area contributed by atoms with E-state index in [1.165, 1.54) is 44.5 Å². The Kier molecular flexibility index (Phi) is 3.76. The van der Waals surface area contributed by atoms with Crippen LogP contribution in [0.2, 0.25) is 5.02 Å². The lowest BCUT2D eigenvalue weighted by Crippen LogP contribution is -2.49. The summed E-state index contributed by atoms with van der Waals surface area (Å²) < 4.78 is 0. The van der Waals surface area contributed by atoms with Crippen LogP contribution in [0, 0.1) is 0 Å². The van der Waals surface area contributed by atoms with E-state index in [-0.39, 0.29) is 0 Å². The highest BCUT2D eigenvalue weighted by atomic mass is 35.5. The molecule has 2 fully saturated rings. The zero-order valence-corrected chi connectivity index (χ0v) is 11.6. The predicted molar refractivity (Wildman–Crippen MR) is 77.5 cm³/mol. The van der Waals surface area contributed by atoms with Gasteiger partial charge in [0.15, 0.2) is 0 Å². The Balaban J connectivity index is 1.59. The molecule has 2 nitrogen and oxygen atoms in total. The van der Waals surface area contributed by atoms with Gasteiger partial charge in [-0.2, -0.15) is 0 Å². The van der Waals surface area contributed by atoms with Crippen LogP contribution in [-0.2, 0) is 0 Å². The molecule has 0 aromatic heterocycles. The van der Waals surface area contributed by atoms with Gasteiger partial charge in [0.2, 0.25) is 0 Å². The van der Waals surface area contributed by atoms with Gasteiger partial charge in [0.1, 0.15) is 0 Å². The van der Waals surface area contributed by atoms with E-state index >= 15 is 0 Å². The SMILES string of the molecule is Clc1cccc(N2CCN(C3CCCC3)CC2)c1. The Morgan fingerprint density at radius 2 is 1.72 bits per heavy atom. The summed E-state index contributed by atoms with van der Waals surface area (Å²) in [4.78, 5) is 5.14. The Labute approximate surface area is 115 Å². The maximum atomic E-state index is 6.06. The van der Waals surface area contributed by atoms with Crippen molar-refractivity contribution in [3.05, 3.63) is 29.3 Å². The van der Waals surface area contributed by atoms with Gasteiger partial charge in [-0.1, -0.05) is 30.5 Å². The molecule has 0 unspecified atom stereocenters. The van der Waals surface area contributed by atoms with E-state index in [1.807, 2.05) is 12.1 Å². The molecule has 18 heavy (non-hydrogen) atoms. The Hall–Kier alpha value is -0.730. The number of benzene rings is 1. The molecule has 1 aromatic carbocycles. The molecule has 0 amide bonds. The van der Waals surface area contributed by atoms with Gasteiger partial charge in [-0.25, -0.2) is 0 Å². The number of rotatable bonds is 2. The van der Waals surface area contributed by atoms with Crippen molar-refractivity contribution < 1.29 is 0 Å². The van der Waals surface area contributed by atoms with E-state index in [4.69, 9.17) is 11.6 Å². The summed E-state index contributed by atoms with van der Waals surface area (Å²) in [6.07, 6.45) is 5.69. The van der Waals surface area contributed by atoms with Crippen LogP contribution in [0.15, 0.2) is 24.3 Å². The highest BCUT2D eigenvalue weighted by Gasteiger charge is 2.26. The average Bonchev–Trinajstić information content (AvgIpc) is 2.93. The molecule has 2 aliphatic rings. The van der Waals surface area contributed by atoms with E-state index < -0.39 is 0 Å². The predicted octanol–water partition coefficient (Wildman–Crippen LogP) is 3.40. The molecule has 1 aromatic rings. The lowest BCUT2D eigenvalue weighted by Gasteiger charge is -2.39. The van der Waals surface area contributed by atoms with Crippen molar-refractivity contribution in [3.63, 3.8) is 0 Å². The standard InChI is InChI=1S/C15H21ClN2/c16-13-4-3-7-15(12-13)18-10-8-17(9-11-18)14-5-1-2-6-14/h3-4,7,12,14H,1-2,5-6,8-11H2. The molecule has 0 N–H and O–H groups in total. The van der Waals surface area contributed by atoms with Gasteiger partial charge in [0.25, 0.3) is 0 Å². The Morgan fingerprint density at radius 1 is 1.00 bits per heavy atom. The van der Waals surface area contributed by atoms with Crippen molar-refractivity contribution >= 4 is 17.3 Å². The average molecular weight is 265 g/mol. The zero-order chi connectivity index (χ0) is 12.4. The fourth-order valence-corrected chi connectivity index (χ4v) is 3.47. The molecular formula is C15H21ClN2. The topological polar surface area (TPSA) is 6.48 Å². The first-order valence-electron chi connectivity index (χ1n) is 7.07. The molecule has 1 heterocycles. The maximum absolute atomic E-state index is 6.06. The van der Waals surface area contributed by atoms with Crippen molar-refractivity contribution in [1.82, 2.24) is 4.90 Å². The van der Waals surface area contributed by atoms with Crippen molar-refractivity contribution in [2.75, 3.05) is 31.1 Å². The summed E-state index contributed by atoms with van der Waals surface area (Å²) in [6, 6.07) is 9.09. The number of anilines is 1. The maximum Gasteiger partial charge on any atom is 0.0426 e. The van der Waals surface area contributed by atoms with E-state index in [2.05, 4.69) is 21.9 Å². The van der Waals surface area contributed by atoms with Crippen LogP contribution < -0.4 is 4.90 Å². The minimum Gasteiger partial charge on any atom is -0.369 e. The van der Waals surface area contributed by atoms with Gasteiger partial charge < -0.3 is 4.90 Å². The van der Waals surface area contributed by atoms with E-state index in [0.29, 0.717) is 0 Å². The van der Waals surface area contributed by atoms with Crippen LogP contribution in [0.25, 0.3) is 0 Å². The summed E-state index contributed by atoms with van der Waals surface area (Å²) >= 11 is 6.06. The first kappa shape index (κ1) is 12.3. The Morgan fingerprint density at radius 3 is 2.39 bits per heavy atom. The van der Waals surface area contributed by atoms with Crippen molar-refractivity contribution in [3.8, 4) is 0 Å². The fourth-order valence-electron chi connectivity index (χ4n) is 3.29. The van der Waals surface area contributed by atoms with Crippen LogP contribution in [0.5, 0.6) is 0 Å². The summed E-state index contributed by atoms with van der Waals surface area (Å²) in [5.41, 5.74) is 1.27. The third-order valence-electron chi connectivity index (χ3n) is 4.33. The molecule has 1 saturated heterocycles. The first-order chi connectivity index (χ1) is 8.83. The highest BCUT2D eigenvalue weighted by Crippen LogP contribution is 2.26. The van der Waals surface area contributed by atoms with Crippen LogP contribution >= 0.6 is 11.6 Å². The molecular weight excluding hydrogens is 244 g/mol. The highest BCUT2D eigenvalue weighted by molar-refractivity contribution is 6.30. The van der Waals surface area contributed by atoms with E-state index in [0.717, 1.165) is 24.2 Å². The summed E-state index contributed by atoms with van der Waals surface area (Å²) in [5, 5.41) is 0.839. The molecule has 1 aliphatic carbocycles. The fraction of sp³-hybridized carbons (Fsp3) is 0.600. The smallest absolute Gasteiger partial charge is 0.0426 e. The van der Waals surface area contributed by atoms with Crippen LogP contribution in [0.3, 0.4) is 0 Å². The van der Waals surface area contributed by atoms with Gasteiger partial charge in [-0.3, -0.25) is 4.90 Å². The van der Waals surface area contributed by atoms with Gasteiger partial charge in [0, 0.05) is 42.9 Å². The van der Waals surface area contributed by atoms with Gasteiger partial charge in [-0.05, 0) is 31.0 Å². The van der Waals surface area contributed by atoms with Gasteiger partial charge in [0.05, 0.1) is 0 Å². The van der Waals surface area contributed by atoms with Gasteiger partial charge in [-0.15, -0.1) is 0 Å². The largest absolute Gasteiger partial charge is 0.369 e. The lowest BCUT2D eigenvalue weighted by atomic mass is 10.1. The quantitative estimate of drug-likeness (QED) is 0.808. The third kappa shape index (κ3) is 2.65. The van der Waals surface area contributed by atoms with Crippen molar-refractivity contribution in [2.24, 2.45) is 0 Å². The molecule has 3 rings (SSSR count). The molecule has 0 bridgehead atoms. The molecule has 98 valence electrons. The molecule has 0 atom stereocenters. The molecule has 0 spiro atoms. The summed E-state index contributed by atoms with van der Waals surface area (Å²) in [7, 11) is 0. The number of hydrogen-bond acceptors (Lipinski definition) is 2. The normalized spacial score (nSPS) is 22.6. The van der Waals surface area contributed by atoms with Crippen LogP contribution in [-0.4, -0.2) is 37.1 Å². The molecule has 1 aliphatic heterocycles. The number of hydrogen-bond donors (Lipinski definition) is 0. The first-order valence-corrected chi connectivity index (χ1v) is 7.45. The second-order valence-corrected chi connectivity index (χ2v) is 5.88. The van der Waals surface area contributed by atoms with E-state index in [1.54, 1.807) is 0 Å². The van der Waals surface area contributed by atoms with Gasteiger partial charge >= 0.3 is 0 Å². The molecule has 1 saturated carbocycles. The minimum absolute atomic E-state index is 0.839. The Bertz CT molecular complexity index is 393. The van der Waals surface area contributed by atoms with Crippen molar-refractivity contribution in [2.45, 2.75) is 31.7 Å². The van der Waals surface area contributed by atoms with Crippen molar-refractivity contribution in [1.29, 1.82) is 0 Å².